The number of rotatable bonds is 3. The van der Waals surface area contributed by atoms with Crippen LogP contribution in [0.25, 0.3) is 16.6 Å². The minimum atomic E-state index is -0.255. The van der Waals surface area contributed by atoms with Crippen LogP contribution in [-0.4, -0.2) is 32.6 Å². The predicted molar refractivity (Wildman–Crippen MR) is 114 cm³/mol. The molecule has 2 N–H and O–H groups in total. The van der Waals surface area contributed by atoms with E-state index < -0.39 is 0 Å². The highest BCUT2D eigenvalue weighted by atomic mass is 35.5. The average Bonchev–Trinajstić information content (AvgIpc) is 3.01. The number of nitrogen functional groups attached to an aromatic ring is 1. The van der Waals surface area contributed by atoms with Crippen LogP contribution < -0.4 is 10.5 Å². The highest BCUT2D eigenvalue weighted by molar-refractivity contribution is 6.32. The summed E-state index contributed by atoms with van der Waals surface area (Å²) in [6.45, 7) is 2.54. The maximum absolute atomic E-state index is 13.6. The normalized spacial score (nSPS) is 14.3. The van der Waals surface area contributed by atoms with Gasteiger partial charge in [0, 0.05) is 48.7 Å². The summed E-state index contributed by atoms with van der Waals surface area (Å²) in [7, 11) is 0. The number of hydrogen-bond acceptors (Lipinski definition) is 5. The van der Waals surface area contributed by atoms with Crippen LogP contribution in [0, 0.1) is 5.82 Å². The Labute approximate surface area is 177 Å². The molecule has 0 saturated heterocycles. The number of aromatic nitrogens is 3. The van der Waals surface area contributed by atoms with Gasteiger partial charge in [0.05, 0.1) is 16.2 Å². The number of benzene rings is 2. The second-order valence-corrected chi connectivity index (χ2v) is 7.68. The molecule has 2 aromatic carbocycles. The lowest BCUT2D eigenvalue weighted by molar-refractivity contribution is 0.218. The van der Waals surface area contributed by atoms with Crippen LogP contribution in [-0.2, 0) is 13.1 Å². The molecule has 5 rings (SSSR count). The van der Waals surface area contributed by atoms with Gasteiger partial charge in [-0.3, -0.25) is 4.90 Å². The van der Waals surface area contributed by atoms with Crippen molar-refractivity contribution in [3.63, 3.8) is 0 Å². The molecule has 0 bridgehead atoms. The third-order valence-electron chi connectivity index (χ3n) is 5.20. The summed E-state index contributed by atoms with van der Waals surface area (Å²) in [5.74, 6) is 0.711. The monoisotopic (exact) mass is 423 g/mol. The molecule has 8 heteroatoms. The van der Waals surface area contributed by atoms with Gasteiger partial charge in [0.2, 0.25) is 5.95 Å². The Kier molecular flexibility index (Phi) is 4.77. The number of fused-ring (bicyclic) bond motifs is 2. The Morgan fingerprint density at radius 3 is 2.93 bits per heavy atom. The SMILES string of the molecule is Nc1nccc(CN2CCOc3c(Cl)cc(-n4ccc5cc(F)ccc54)cc3C2)n1. The van der Waals surface area contributed by atoms with E-state index in [-0.39, 0.29) is 11.8 Å². The average molecular weight is 424 g/mol. The summed E-state index contributed by atoms with van der Waals surface area (Å²) in [6.07, 6.45) is 3.58. The van der Waals surface area contributed by atoms with E-state index >= 15 is 0 Å². The summed E-state index contributed by atoms with van der Waals surface area (Å²) >= 11 is 6.59. The number of nitrogens with two attached hydrogens (primary N) is 1. The molecule has 0 radical (unpaired) electrons. The fraction of sp³-hybridized carbons (Fsp3) is 0.182. The second-order valence-electron chi connectivity index (χ2n) is 7.27. The van der Waals surface area contributed by atoms with Crippen LogP contribution in [0.3, 0.4) is 0 Å². The van der Waals surface area contributed by atoms with Crippen LogP contribution in [0.15, 0.2) is 54.9 Å². The Morgan fingerprint density at radius 1 is 1.17 bits per heavy atom. The molecule has 1 aliphatic heterocycles. The first-order valence-electron chi connectivity index (χ1n) is 9.59. The van der Waals surface area contributed by atoms with Gasteiger partial charge in [-0.05, 0) is 42.5 Å². The first-order chi connectivity index (χ1) is 14.6. The number of hydrogen-bond donors (Lipinski definition) is 1. The topological polar surface area (TPSA) is 69.2 Å². The summed E-state index contributed by atoms with van der Waals surface area (Å²) in [5, 5.41) is 1.39. The van der Waals surface area contributed by atoms with Crippen molar-refractivity contribution in [2.24, 2.45) is 0 Å². The van der Waals surface area contributed by atoms with Gasteiger partial charge in [-0.1, -0.05) is 11.6 Å². The van der Waals surface area contributed by atoms with E-state index in [2.05, 4.69) is 20.9 Å². The molecule has 0 amide bonds. The van der Waals surface area contributed by atoms with E-state index in [9.17, 15) is 4.39 Å². The first-order valence-corrected chi connectivity index (χ1v) is 9.96. The van der Waals surface area contributed by atoms with E-state index in [0.29, 0.717) is 30.5 Å². The predicted octanol–water partition coefficient (Wildman–Crippen LogP) is 4.19. The lowest BCUT2D eigenvalue weighted by Crippen LogP contribution is -2.25. The molecule has 0 aliphatic carbocycles. The van der Waals surface area contributed by atoms with Crippen molar-refractivity contribution in [2.45, 2.75) is 13.1 Å². The summed E-state index contributed by atoms with van der Waals surface area (Å²) in [5.41, 5.74) is 9.36. The summed E-state index contributed by atoms with van der Waals surface area (Å²) in [4.78, 5) is 10.5. The van der Waals surface area contributed by atoms with E-state index in [1.165, 1.54) is 12.1 Å². The zero-order chi connectivity index (χ0) is 20.7. The third kappa shape index (κ3) is 3.58. The van der Waals surface area contributed by atoms with Crippen molar-refractivity contribution in [1.29, 1.82) is 0 Å². The molecule has 30 heavy (non-hydrogen) atoms. The minimum Gasteiger partial charge on any atom is -0.490 e. The fourth-order valence-corrected chi connectivity index (χ4v) is 4.14. The first kappa shape index (κ1) is 18.8. The molecular formula is C22H19ClFN5O. The molecule has 152 valence electrons. The van der Waals surface area contributed by atoms with Crippen LogP contribution in [0.5, 0.6) is 5.75 Å². The van der Waals surface area contributed by atoms with Gasteiger partial charge in [0.25, 0.3) is 0 Å². The quantitative estimate of drug-likeness (QED) is 0.535. The molecule has 6 nitrogen and oxygen atoms in total. The molecule has 2 aromatic heterocycles. The number of ether oxygens (including phenoxy) is 1. The lowest BCUT2D eigenvalue weighted by atomic mass is 10.1. The van der Waals surface area contributed by atoms with Gasteiger partial charge >= 0.3 is 0 Å². The van der Waals surface area contributed by atoms with Gasteiger partial charge in [0.15, 0.2) is 0 Å². The Balaban J connectivity index is 1.50. The smallest absolute Gasteiger partial charge is 0.220 e. The summed E-state index contributed by atoms with van der Waals surface area (Å²) in [6, 6.07) is 12.4. The fourth-order valence-electron chi connectivity index (χ4n) is 3.85. The lowest BCUT2D eigenvalue weighted by Gasteiger charge is -2.19. The highest BCUT2D eigenvalue weighted by Gasteiger charge is 2.20. The van der Waals surface area contributed by atoms with E-state index in [1.54, 1.807) is 12.3 Å². The molecule has 0 saturated carbocycles. The largest absolute Gasteiger partial charge is 0.490 e. The Morgan fingerprint density at radius 2 is 2.07 bits per heavy atom. The van der Waals surface area contributed by atoms with E-state index in [0.717, 1.165) is 34.4 Å². The van der Waals surface area contributed by atoms with Crippen LogP contribution in [0.4, 0.5) is 10.3 Å². The second kappa shape index (κ2) is 7.59. The number of nitrogens with zero attached hydrogens (tertiary/aromatic N) is 4. The van der Waals surface area contributed by atoms with E-state index in [1.807, 2.05) is 29.0 Å². The highest BCUT2D eigenvalue weighted by Crippen LogP contribution is 2.35. The number of halogens is 2. The molecule has 3 heterocycles. The standard InChI is InChI=1S/C22H19ClFN5O/c23-19-11-18(29-6-4-14-9-16(24)1-2-20(14)29)10-15-12-28(7-8-30-21(15)19)13-17-3-5-26-22(25)27-17/h1-6,9-11H,7-8,12-13H2,(H2,25,26,27). The Hall–Kier alpha value is -3.16. The van der Waals surface area contributed by atoms with Gasteiger partial charge in [-0.25, -0.2) is 14.4 Å². The van der Waals surface area contributed by atoms with Crippen molar-refractivity contribution in [3.8, 4) is 11.4 Å². The zero-order valence-corrected chi connectivity index (χ0v) is 16.8. The van der Waals surface area contributed by atoms with Gasteiger partial charge in [-0.15, -0.1) is 0 Å². The van der Waals surface area contributed by atoms with Gasteiger partial charge in [0.1, 0.15) is 18.2 Å². The van der Waals surface area contributed by atoms with Crippen molar-refractivity contribution in [1.82, 2.24) is 19.4 Å². The third-order valence-corrected chi connectivity index (χ3v) is 5.48. The van der Waals surface area contributed by atoms with Crippen LogP contribution >= 0.6 is 11.6 Å². The Bertz CT molecular complexity index is 1240. The van der Waals surface area contributed by atoms with Crippen molar-refractivity contribution >= 4 is 28.5 Å². The number of anilines is 1. The minimum absolute atomic E-state index is 0.255. The molecule has 0 fully saturated rings. The zero-order valence-electron chi connectivity index (χ0n) is 16.1. The molecular weight excluding hydrogens is 405 g/mol. The molecule has 1 aliphatic rings. The summed E-state index contributed by atoms with van der Waals surface area (Å²) < 4.78 is 21.5. The maximum Gasteiger partial charge on any atom is 0.220 e. The van der Waals surface area contributed by atoms with Crippen molar-refractivity contribution in [2.75, 3.05) is 18.9 Å². The van der Waals surface area contributed by atoms with Gasteiger partial charge < -0.3 is 15.0 Å². The van der Waals surface area contributed by atoms with E-state index in [4.69, 9.17) is 22.1 Å². The molecule has 0 atom stereocenters. The van der Waals surface area contributed by atoms with Crippen molar-refractivity contribution in [3.05, 3.63) is 77.0 Å². The van der Waals surface area contributed by atoms with Crippen LogP contribution in [0.1, 0.15) is 11.3 Å². The van der Waals surface area contributed by atoms with Gasteiger partial charge in [-0.2, -0.15) is 0 Å². The maximum atomic E-state index is 13.6. The molecule has 0 spiro atoms. The molecule has 4 aromatic rings. The van der Waals surface area contributed by atoms with Crippen LogP contribution in [0.2, 0.25) is 5.02 Å². The van der Waals surface area contributed by atoms with Crippen molar-refractivity contribution < 1.29 is 9.13 Å². The molecule has 0 unspecified atom stereocenters.